The number of benzene rings is 2. The second-order valence-corrected chi connectivity index (χ2v) is 12.2. The Balaban J connectivity index is 2.18. The first-order valence-corrected chi connectivity index (χ1v) is 12.9. The van der Waals surface area contributed by atoms with Gasteiger partial charge in [0.2, 0.25) is 0 Å². The van der Waals surface area contributed by atoms with Gasteiger partial charge in [-0.15, -0.1) is 11.8 Å². The minimum atomic E-state index is 0.0788. The molecule has 3 rings (SSSR count). The Morgan fingerprint density at radius 2 is 1.75 bits per heavy atom. The molecule has 0 saturated heterocycles. The van der Waals surface area contributed by atoms with Crippen LogP contribution in [0.5, 0.6) is 0 Å². The Morgan fingerprint density at radius 1 is 1.06 bits per heavy atom. The fourth-order valence-electron chi connectivity index (χ4n) is 4.04. The number of ketones is 1. The summed E-state index contributed by atoms with van der Waals surface area (Å²) in [6.45, 7) is 14.1. The number of aromatic nitrogens is 1. The van der Waals surface area contributed by atoms with Crippen molar-refractivity contribution in [2.24, 2.45) is 0 Å². The van der Waals surface area contributed by atoms with Crippen LogP contribution in [-0.4, -0.2) is 15.1 Å². The third-order valence-corrected chi connectivity index (χ3v) is 7.17. The first kappa shape index (κ1) is 24.9. The van der Waals surface area contributed by atoms with Crippen LogP contribution in [0, 0.1) is 0 Å². The van der Waals surface area contributed by atoms with E-state index in [2.05, 4.69) is 76.4 Å². The number of carbonyl (C=O) groups is 1. The molecule has 1 aromatic heterocycles. The summed E-state index contributed by atoms with van der Waals surface area (Å²) in [6, 6.07) is 15.0. The highest BCUT2D eigenvalue weighted by molar-refractivity contribution is 8.00. The summed E-state index contributed by atoms with van der Waals surface area (Å²) in [5, 5.41) is 2.06. The van der Waals surface area contributed by atoms with Gasteiger partial charge in [-0.3, -0.25) is 4.79 Å². The molecule has 0 atom stereocenters. The molecule has 0 aliphatic heterocycles. The highest BCUT2D eigenvalue weighted by Gasteiger charge is 2.24. The van der Waals surface area contributed by atoms with Crippen molar-refractivity contribution in [2.75, 3.05) is 0 Å². The molecule has 4 heteroatoms. The fraction of sp³-hybridized carbons (Fsp3) is 0.464. The predicted molar refractivity (Wildman–Crippen MR) is 140 cm³/mol. The summed E-state index contributed by atoms with van der Waals surface area (Å²) in [5.74, 6) is 0.825. The van der Waals surface area contributed by atoms with Crippen LogP contribution in [0.1, 0.15) is 83.5 Å². The van der Waals surface area contributed by atoms with Crippen LogP contribution in [0.2, 0.25) is 5.02 Å². The number of hydrogen-bond donors (Lipinski definition) is 0. The van der Waals surface area contributed by atoms with Crippen molar-refractivity contribution in [1.82, 2.24) is 4.57 Å². The monoisotopic (exact) mass is 469 g/mol. The first-order chi connectivity index (χ1) is 15.1. The maximum atomic E-state index is 12.4. The van der Waals surface area contributed by atoms with Crippen LogP contribution in [0.25, 0.3) is 10.9 Å². The highest BCUT2D eigenvalue weighted by atomic mass is 35.5. The molecule has 0 N–H and O–H groups in total. The van der Waals surface area contributed by atoms with Gasteiger partial charge in [-0.2, -0.15) is 0 Å². The van der Waals surface area contributed by atoms with E-state index in [0.29, 0.717) is 24.5 Å². The van der Waals surface area contributed by atoms with Gasteiger partial charge < -0.3 is 4.57 Å². The summed E-state index contributed by atoms with van der Waals surface area (Å²) in [4.78, 5) is 13.8. The summed E-state index contributed by atoms with van der Waals surface area (Å²) >= 11 is 8.05. The van der Waals surface area contributed by atoms with Crippen LogP contribution in [0.15, 0.2) is 47.4 Å². The zero-order valence-corrected chi connectivity index (χ0v) is 21.9. The van der Waals surface area contributed by atoms with E-state index in [1.807, 2.05) is 23.9 Å². The molecular weight excluding hydrogens is 434 g/mol. The van der Waals surface area contributed by atoms with E-state index in [1.54, 1.807) is 0 Å². The van der Waals surface area contributed by atoms with E-state index < -0.39 is 0 Å². The molecule has 32 heavy (non-hydrogen) atoms. The molecule has 2 nitrogen and oxygen atoms in total. The average molecular weight is 470 g/mol. The molecule has 172 valence electrons. The molecule has 0 spiro atoms. The molecule has 0 amide bonds. The lowest BCUT2D eigenvalue weighted by molar-refractivity contribution is -0.119. The van der Waals surface area contributed by atoms with Gasteiger partial charge in [0.1, 0.15) is 5.78 Å². The number of nitrogens with zero attached hydrogens (tertiary/aromatic N) is 1. The highest BCUT2D eigenvalue weighted by Crippen LogP contribution is 2.42. The Labute approximate surface area is 202 Å². The van der Waals surface area contributed by atoms with Crippen LogP contribution in [-0.2, 0) is 17.8 Å². The number of hydrogen-bond acceptors (Lipinski definition) is 2. The van der Waals surface area contributed by atoms with Crippen LogP contribution < -0.4 is 0 Å². The predicted octanol–water partition coefficient (Wildman–Crippen LogP) is 8.66. The normalized spacial score (nSPS) is 12.1. The molecule has 0 radical (unpaired) electrons. The lowest BCUT2D eigenvalue weighted by atomic mass is 10.0. The van der Waals surface area contributed by atoms with Crippen LogP contribution in [0.4, 0.5) is 0 Å². The number of carbonyl (C=O) groups excluding carboxylic acids is 1. The van der Waals surface area contributed by atoms with Gasteiger partial charge in [0.05, 0.1) is 0 Å². The average Bonchev–Trinajstić information content (AvgIpc) is 2.99. The topological polar surface area (TPSA) is 22.0 Å². The van der Waals surface area contributed by atoms with Crippen LogP contribution >= 0.6 is 23.4 Å². The zero-order chi connectivity index (χ0) is 23.5. The second kappa shape index (κ2) is 10.5. The summed E-state index contributed by atoms with van der Waals surface area (Å²) in [5.41, 5.74) is 5.09. The zero-order valence-electron chi connectivity index (χ0n) is 20.3. The largest absolute Gasteiger partial charge is 0.339 e. The van der Waals surface area contributed by atoms with E-state index in [4.69, 9.17) is 11.6 Å². The standard InChI is InChI=1S/C28H36ClNOS/c1-7-8-23(31)14-16-26-27(32-28(4,5)6)24-17-21(19(2)3)11-15-25(24)30(26)18-20-9-12-22(29)13-10-20/h9-13,15,17,19H,7-8,14,16,18H2,1-6H3. The Kier molecular flexibility index (Phi) is 8.16. The molecule has 0 saturated carbocycles. The maximum absolute atomic E-state index is 12.4. The molecule has 0 fully saturated rings. The number of thioether (sulfide) groups is 1. The Hall–Kier alpha value is -1.71. The molecule has 3 aromatic rings. The second-order valence-electron chi connectivity index (χ2n) is 9.92. The third kappa shape index (κ3) is 6.20. The molecule has 2 aromatic carbocycles. The Bertz CT molecular complexity index is 1070. The van der Waals surface area contributed by atoms with E-state index in [-0.39, 0.29) is 4.75 Å². The third-order valence-electron chi connectivity index (χ3n) is 5.64. The minimum Gasteiger partial charge on any atom is -0.339 e. The molecular formula is C28H36ClNOS. The van der Waals surface area contributed by atoms with Gasteiger partial charge in [0.15, 0.2) is 0 Å². The van der Waals surface area contributed by atoms with Gasteiger partial charge in [0, 0.05) is 50.6 Å². The van der Waals surface area contributed by atoms with Crippen LogP contribution in [0.3, 0.4) is 0 Å². The molecule has 0 aliphatic carbocycles. The van der Waals surface area contributed by atoms with E-state index in [9.17, 15) is 4.79 Å². The number of halogens is 1. The first-order valence-electron chi connectivity index (χ1n) is 11.7. The summed E-state index contributed by atoms with van der Waals surface area (Å²) in [7, 11) is 0. The fourth-order valence-corrected chi connectivity index (χ4v) is 5.38. The van der Waals surface area contributed by atoms with Gasteiger partial charge in [-0.25, -0.2) is 0 Å². The molecule has 0 unspecified atom stereocenters. The number of fused-ring (bicyclic) bond motifs is 1. The van der Waals surface area contributed by atoms with Crippen molar-refractivity contribution >= 4 is 40.0 Å². The lowest BCUT2D eigenvalue weighted by Crippen LogP contribution is -2.10. The Morgan fingerprint density at radius 3 is 2.34 bits per heavy atom. The van der Waals surface area contributed by atoms with Gasteiger partial charge in [-0.1, -0.05) is 71.3 Å². The van der Waals surface area contributed by atoms with E-state index in [1.165, 1.54) is 32.6 Å². The van der Waals surface area contributed by atoms with Crippen molar-refractivity contribution < 1.29 is 4.79 Å². The van der Waals surface area contributed by atoms with E-state index >= 15 is 0 Å². The quantitative estimate of drug-likeness (QED) is 0.292. The van der Waals surface area contributed by atoms with E-state index in [0.717, 1.165) is 24.4 Å². The molecule has 1 heterocycles. The SMILES string of the molecule is CCCC(=O)CCc1c(SC(C)(C)C)c2cc(C(C)C)ccc2n1Cc1ccc(Cl)cc1. The van der Waals surface area contributed by atoms with Crippen molar-refractivity contribution in [3.05, 3.63) is 64.3 Å². The van der Waals surface area contributed by atoms with Gasteiger partial charge in [-0.05, 0) is 54.2 Å². The maximum Gasteiger partial charge on any atom is 0.133 e. The lowest BCUT2D eigenvalue weighted by Gasteiger charge is -2.19. The summed E-state index contributed by atoms with van der Waals surface area (Å²) < 4.78 is 2.51. The minimum absolute atomic E-state index is 0.0788. The van der Waals surface area contributed by atoms with Crippen molar-refractivity contribution in [3.63, 3.8) is 0 Å². The molecule has 0 bridgehead atoms. The van der Waals surface area contributed by atoms with Gasteiger partial charge in [0.25, 0.3) is 0 Å². The van der Waals surface area contributed by atoms with Crippen molar-refractivity contribution in [2.45, 2.75) is 89.3 Å². The molecule has 0 aliphatic rings. The number of rotatable bonds is 9. The summed E-state index contributed by atoms with van der Waals surface area (Å²) in [6.07, 6.45) is 2.95. The van der Waals surface area contributed by atoms with Crippen molar-refractivity contribution in [1.29, 1.82) is 0 Å². The van der Waals surface area contributed by atoms with Crippen molar-refractivity contribution in [3.8, 4) is 0 Å². The smallest absolute Gasteiger partial charge is 0.133 e. The number of Topliss-reactive ketones (excluding diaryl/α,β-unsaturated/α-hetero) is 1. The van der Waals surface area contributed by atoms with Gasteiger partial charge >= 0.3 is 0 Å².